The third kappa shape index (κ3) is 5.07. The molecule has 1 aromatic carbocycles. The molecular formula is C22H26Cl3N3OS. The third-order valence-corrected chi connectivity index (χ3v) is 7.62. The molecule has 30 heavy (non-hydrogen) atoms. The van der Waals surface area contributed by atoms with Gasteiger partial charge in [0.05, 0.1) is 5.69 Å². The van der Waals surface area contributed by atoms with Gasteiger partial charge >= 0.3 is 0 Å². The topological polar surface area (TPSA) is 36.4 Å². The monoisotopic (exact) mass is 485 g/mol. The molecule has 4 rings (SSSR count). The fourth-order valence-electron chi connectivity index (χ4n) is 4.30. The number of aromatic nitrogens is 1. The predicted molar refractivity (Wildman–Crippen MR) is 126 cm³/mol. The zero-order chi connectivity index (χ0) is 21.1. The highest BCUT2D eigenvalue weighted by Gasteiger charge is 2.48. The number of hydrogen-bond donors (Lipinski definition) is 0. The van der Waals surface area contributed by atoms with Crippen LogP contribution in [-0.4, -0.2) is 38.8 Å². The van der Waals surface area contributed by atoms with Crippen molar-refractivity contribution in [1.29, 1.82) is 0 Å². The van der Waals surface area contributed by atoms with Crippen molar-refractivity contribution in [3.63, 3.8) is 0 Å². The van der Waals surface area contributed by atoms with Gasteiger partial charge in [-0.1, -0.05) is 78.0 Å². The highest BCUT2D eigenvalue weighted by Crippen LogP contribution is 2.42. The van der Waals surface area contributed by atoms with Gasteiger partial charge in [0.25, 0.3) is 0 Å². The Labute approximate surface area is 197 Å². The number of aryl methyl sites for hydroxylation is 3. The first-order valence-corrected chi connectivity index (χ1v) is 12.5. The van der Waals surface area contributed by atoms with Crippen molar-refractivity contribution in [3.8, 4) is 0 Å². The molecule has 1 aliphatic heterocycles. The molecule has 2 heterocycles. The van der Waals surface area contributed by atoms with E-state index < -0.39 is 9.96 Å². The highest BCUT2D eigenvalue weighted by molar-refractivity contribution is 7.15. The Morgan fingerprint density at radius 3 is 2.53 bits per heavy atom. The molecule has 0 saturated carbocycles. The van der Waals surface area contributed by atoms with E-state index in [1.807, 2.05) is 35.2 Å². The number of benzene rings is 1. The Morgan fingerprint density at radius 2 is 1.80 bits per heavy atom. The summed E-state index contributed by atoms with van der Waals surface area (Å²) >= 11 is 20.9. The molecule has 1 aliphatic carbocycles. The Kier molecular flexibility index (Phi) is 7.13. The zero-order valence-corrected chi connectivity index (χ0v) is 19.9. The van der Waals surface area contributed by atoms with Crippen LogP contribution < -0.4 is 4.90 Å². The first-order valence-electron chi connectivity index (χ1n) is 10.6. The highest BCUT2D eigenvalue weighted by atomic mass is 35.6. The van der Waals surface area contributed by atoms with Gasteiger partial charge in [-0.2, -0.15) is 0 Å². The number of thiazole rings is 1. The lowest BCUT2D eigenvalue weighted by Gasteiger charge is -2.34. The molecule has 1 aromatic heterocycles. The molecule has 1 unspecified atom stereocenters. The molecule has 2 aromatic rings. The maximum atomic E-state index is 13.0. The summed E-state index contributed by atoms with van der Waals surface area (Å²) in [4.78, 5) is 23.0. The Hall–Kier alpha value is -1.01. The summed E-state index contributed by atoms with van der Waals surface area (Å²) in [6.07, 6.45) is 7.42. The number of carbonyl (C=O) groups is 1. The van der Waals surface area contributed by atoms with Gasteiger partial charge in [0, 0.05) is 24.4 Å². The summed E-state index contributed by atoms with van der Waals surface area (Å²) in [7, 11) is 0. The summed E-state index contributed by atoms with van der Waals surface area (Å²) in [5.74, 6) is 0.00703. The van der Waals surface area contributed by atoms with Gasteiger partial charge in [-0.25, -0.2) is 4.98 Å². The van der Waals surface area contributed by atoms with Crippen LogP contribution >= 0.6 is 46.1 Å². The number of alkyl halides is 3. The van der Waals surface area contributed by atoms with E-state index >= 15 is 0 Å². The van der Waals surface area contributed by atoms with Crippen LogP contribution in [0.4, 0.5) is 5.13 Å². The molecule has 0 spiro atoms. The predicted octanol–water partition coefficient (Wildman–Crippen LogP) is 5.78. The van der Waals surface area contributed by atoms with Gasteiger partial charge in [-0.15, -0.1) is 11.3 Å². The van der Waals surface area contributed by atoms with E-state index in [-0.39, 0.29) is 5.91 Å². The molecule has 0 radical (unpaired) electrons. The van der Waals surface area contributed by atoms with E-state index in [2.05, 4.69) is 0 Å². The van der Waals surface area contributed by atoms with Gasteiger partial charge in [-0.3, -0.25) is 4.79 Å². The minimum absolute atomic E-state index is 0.00703. The van der Waals surface area contributed by atoms with E-state index in [1.165, 1.54) is 36.3 Å². The second-order valence-corrected chi connectivity index (χ2v) is 11.4. The molecule has 2 aliphatic rings. The molecule has 162 valence electrons. The fourth-order valence-corrected chi connectivity index (χ4v) is 6.20. The smallest absolute Gasteiger partial charge is 0.228 e. The maximum Gasteiger partial charge on any atom is 0.228 e. The summed E-state index contributed by atoms with van der Waals surface area (Å²) in [6, 6.07) is 10.00. The van der Waals surface area contributed by atoms with Crippen LogP contribution in [0, 0.1) is 0 Å². The minimum atomic E-state index is -1.61. The van der Waals surface area contributed by atoms with Crippen LogP contribution in [0.2, 0.25) is 0 Å². The number of anilines is 1. The number of rotatable bonds is 4. The van der Waals surface area contributed by atoms with Crippen molar-refractivity contribution in [2.45, 2.75) is 61.3 Å². The standard InChI is InChI=1S/C22H26Cl3N3OS/c23-22(24,25)20-27(19(29)13-12-16-8-4-3-5-9-16)14-15-28(20)21-26-17-10-6-1-2-7-11-18(17)30-21/h3-5,8-9,20H,1-2,6-7,10-15H2. The van der Waals surface area contributed by atoms with Crippen molar-refractivity contribution in [2.24, 2.45) is 0 Å². The summed E-state index contributed by atoms with van der Waals surface area (Å²) in [5.41, 5.74) is 2.32. The molecule has 0 N–H and O–H groups in total. The molecule has 4 nitrogen and oxygen atoms in total. The van der Waals surface area contributed by atoms with Crippen LogP contribution in [-0.2, 0) is 24.1 Å². The Bertz CT molecular complexity index is 843. The van der Waals surface area contributed by atoms with Crippen molar-refractivity contribution < 1.29 is 4.79 Å². The van der Waals surface area contributed by atoms with Gasteiger partial charge in [0.15, 0.2) is 11.3 Å². The van der Waals surface area contributed by atoms with Crippen molar-refractivity contribution in [3.05, 3.63) is 46.5 Å². The number of carbonyl (C=O) groups excluding carboxylic acids is 1. The first kappa shape index (κ1) is 22.2. The van der Waals surface area contributed by atoms with Crippen LogP contribution in [0.15, 0.2) is 30.3 Å². The normalized spacial score (nSPS) is 20.0. The van der Waals surface area contributed by atoms with E-state index in [9.17, 15) is 4.79 Å². The lowest BCUT2D eigenvalue weighted by molar-refractivity contribution is -0.131. The summed E-state index contributed by atoms with van der Waals surface area (Å²) in [5, 5.41) is 0.872. The number of halogens is 3. The van der Waals surface area contributed by atoms with Crippen molar-refractivity contribution in [2.75, 3.05) is 18.0 Å². The number of hydrogen-bond acceptors (Lipinski definition) is 4. The maximum absolute atomic E-state index is 13.0. The van der Waals surface area contributed by atoms with Crippen molar-refractivity contribution in [1.82, 2.24) is 9.88 Å². The van der Waals surface area contributed by atoms with Crippen LogP contribution in [0.25, 0.3) is 0 Å². The van der Waals surface area contributed by atoms with Crippen LogP contribution in [0.5, 0.6) is 0 Å². The molecule has 1 fully saturated rings. The molecule has 1 amide bonds. The average molecular weight is 487 g/mol. The van der Waals surface area contributed by atoms with Crippen LogP contribution in [0.1, 0.15) is 48.2 Å². The molecule has 1 saturated heterocycles. The van der Waals surface area contributed by atoms with E-state index in [1.54, 1.807) is 16.2 Å². The van der Waals surface area contributed by atoms with Gasteiger partial charge in [0.2, 0.25) is 9.70 Å². The van der Waals surface area contributed by atoms with Crippen molar-refractivity contribution >= 4 is 57.2 Å². The zero-order valence-electron chi connectivity index (χ0n) is 16.8. The average Bonchev–Trinajstić information content (AvgIpc) is 3.31. The fraction of sp³-hybridized carbons (Fsp3) is 0.545. The number of fused-ring (bicyclic) bond motifs is 1. The number of amides is 1. The van der Waals surface area contributed by atoms with E-state index in [0.29, 0.717) is 25.9 Å². The molecule has 0 bridgehead atoms. The lowest BCUT2D eigenvalue weighted by Crippen LogP contribution is -2.50. The second-order valence-electron chi connectivity index (χ2n) is 7.96. The summed E-state index contributed by atoms with van der Waals surface area (Å²) in [6.45, 7) is 1.17. The Morgan fingerprint density at radius 1 is 1.07 bits per heavy atom. The van der Waals surface area contributed by atoms with Gasteiger partial charge in [-0.05, 0) is 37.7 Å². The summed E-state index contributed by atoms with van der Waals surface area (Å²) < 4.78 is -1.61. The van der Waals surface area contributed by atoms with E-state index in [4.69, 9.17) is 39.8 Å². The molecule has 8 heteroatoms. The second kappa shape index (κ2) is 9.64. The van der Waals surface area contributed by atoms with E-state index in [0.717, 1.165) is 23.5 Å². The Balaban J connectivity index is 1.52. The third-order valence-electron chi connectivity index (χ3n) is 5.84. The van der Waals surface area contributed by atoms with Gasteiger partial charge < -0.3 is 9.80 Å². The van der Waals surface area contributed by atoms with Crippen LogP contribution in [0.3, 0.4) is 0 Å². The molecule has 1 atom stereocenters. The SMILES string of the molecule is O=C(CCc1ccccc1)N1CCN(c2nc3c(s2)CCCCCC3)C1C(Cl)(Cl)Cl. The lowest BCUT2D eigenvalue weighted by atomic mass is 10.0. The minimum Gasteiger partial charge on any atom is -0.322 e. The number of nitrogens with zero attached hydrogens (tertiary/aromatic N) is 3. The quantitative estimate of drug-likeness (QED) is 0.514. The van der Waals surface area contributed by atoms with Gasteiger partial charge in [0.1, 0.15) is 0 Å². The first-order chi connectivity index (χ1) is 14.4. The largest absolute Gasteiger partial charge is 0.322 e. The molecular weight excluding hydrogens is 461 g/mol.